The van der Waals surface area contributed by atoms with Crippen LogP contribution >= 0.6 is 31.9 Å². The minimum Gasteiger partial charge on any atom is -0.207 e. The third-order valence-corrected chi connectivity index (χ3v) is 8.64. The molecule has 0 heterocycles. The zero-order chi connectivity index (χ0) is 25.5. The second-order valence-corrected chi connectivity index (χ2v) is 11.4. The SMILES string of the molecule is Cc1cc(F)cc(C)c1-c1cc(Br)c2ccc3c(-c4c(C)cc(F)cc4C)cc(Br)c4ccc1c2c43. The number of benzene rings is 6. The fourth-order valence-corrected chi connectivity index (χ4v) is 7.11. The van der Waals surface area contributed by atoms with E-state index >= 15 is 0 Å². The molecule has 0 amide bonds. The summed E-state index contributed by atoms with van der Waals surface area (Å²) >= 11 is 7.68. The molecule has 0 saturated carbocycles. The van der Waals surface area contributed by atoms with Gasteiger partial charge in [0.15, 0.2) is 0 Å². The van der Waals surface area contributed by atoms with Gasteiger partial charge in [0.25, 0.3) is 0 Å². The summed E-state index contributed by atoms with van der Waals surface area (Å²) in [5, 5.41) is 6.83. The van der Waals surface area contributed by atoms with Crippen LogP contribution in [0.2, 0.25) is 0 Å². The molecule has 0 radical (unpaired) electrons. The summed E-state index contributed by atoms with van der Waals surface area (Å²) in [4.78, 5) is 0. The van der Waals surface area contributed by atoms with Gasteiger partial charge >= 0.3 is 0 Å². The predicted octanol–water partition coefficient (Wildman–Crippen LogP) is 11.0. The molecule has 178 valence electrons. The van der Waals surface area contributed by atoms with Gasteiger partial charge in [0, 0.05) is 8.95 Å². The summed E-state index contributed by atoms with van der Waals surface area (Å²) in [5.74, 6) is -0.437. The van der Waals surface area contributed by atoms with E-state index < -0.39 is 0 Å². The van der Waals surface area contributed by atoms with E-state index in [2.05, 4.69) is 68.3 Å². The van der Waals surface area contributed by atoms with Crippen molar-refractivity contribution in [2.75, 3.05) is 0 Å². The molecule has 6 rings (SSSR count). The molecule has 0 N–H and O–H groups in total. The number of rotatable bonds is 2. The summed E-state index contributed by atoms with van der Waals surface area (Å²) in [6.45, 7) is 7.86. The Morgan fingerprint density at radius 3 is 1.11 bits per heavy atom. The van der Waals surface area contributed by atoms with Gasteiger partial charge < -0.3 is 0 Å². The number of hydrogen-bond donors (Lipinski definition) is 0. The van der Waals surface area contributed by atoms with Gasteiger partial charge in [-0.15, -0.1) is 0 Å². The van der Waals surface area contributed by atoms with Crippen LogP contribution in [-0.4, -0.2) is 0 Å². The molecule has 0 atom stereocenters. The van der Waals surface area contributed by atoms with E-state index in [1.807, 2.05) is 27.7 Å². The van der Waals surface area contributed by atoms with Crippen LogP contribution < -0.4 is 0 Å². The molecule has 0 bridgehead atoms. The first kappa shape index (κ1) is 23.6. The minimum atomic E-state index is -0.218. The zero-order valence-corrected chi connectivity index (χ0v) is 23.5. The number of aryl methyl sites for hydroxylation is 4. The normalized spacial score (nSPS) is 11.9. The molecule has 6 aromatic rings. The summed E-state index contributed by atoms with van der Waals surface area (Å²) in [7, 11) is 0. The Kier molecular flexibility index (Phi) is 5.47. The third-order valence-electron chi connectivity index (χ3n) is 7.33. The second kappa shape index (κ2) is 8.36. The highest BCUT2D eigenvalue weighted by Gasteiger charge is 2.21. The molecule has 36 heavy (non-hydrogen) atoms. The molecule has 0 aromatic heterocycles. The van der Waals surface area contributed by atoms with E-state index in [0.717, 1.165) is 85.8 Å². The fraction of sp³-hybridized carbons (Fsp3) is 0.125. The fourth-order valence-electron chi connectivity index (χ4n) is 5.99. The Balaban J connectivity index is 1.81. The van der Waals surface area contributed by atoms with Crippen molar-refractivity contribution in [3.05, 3.63) is 103 Å². The Bertz CT molecular complexity index is 1680. The van der Waals surface area contributed by atoms with E-state index in [0.29, 0.717) is 0 Å². The third kappa shape index (κ3) is 3.42. The van der Waals surface area contributed by atoms with E-state index in [4.69, 9.17) is 0 Å². The van der Waals surface area contributed by atoms with Crippen molar-refractivity contribution in [2.24, 2.45) is 0 Å². The van der Waals surface area contributed by atoms with Crippen molar-refractivity contribution in [2.45, 2.75) is 27.7 Å². The van der Waals surface area contributed by atoms with Gasteiger partial charge in [0.1, 0.15) is 11.6 Å². The second-order valence-electron chi connectivity index (χ2n) is 9.71. The first-order valence-electron chi connectivity index (χ1n) is 11.8. The van der Waals surface area contributed by atoms with E-state index in [1.54, 1.807) is 24.3 Å². The zero-order valence-electron chi connectivity index (χ0n) is 20.3. The van der Waals surface area contributed by atoms with Gasteiger partial charge in [-0.1, -0.05) is 56.1 Å². The van der Waals surface area contributed by atoms with E-state index in [1.165, 1.54) is 0 Å². The van der Waals surface area contributed by atoms with Crippen molar-refractivity contribution in [1.29, 1.82) is 0 Å². The summed E-state index contributed by atoms with van der Waals surface area (Å²) in [6.07, 6.45) is 0. The highest BCUT2D eigenvalue weighted by atomic mass is 79.9. The van der Waals surface area contributed by atoms with E-state index in [-0.39, 0.29) is 11.6 Å². The van der Waals surface area contributed by atoms with Crippen LogP contribution in [0.15, 0.2) is 69.6 Å². The predicted molar refractivity (Wildman–Crippen MR) is 155 cm³/mol. The minimum absolute atomic E-state index is 0.218. The molecule has 0 nitrogen and oxygen atoms in total. The van der Waals surface area contributed by atoms with Gasteiger partial charge in [0.2, 0.25) is 0 Å². The molecule has 0 aliphatic heterocycles. The molecule has 0 unspecified atom stereocenters. The first-order chi connectivity index (χ1) is 17.2. The maximum Gasteiger partial charge on any atom is 0.123 e. The Labute approximate surface area is 225 Å². The van der Waals surface area contributed by atoms with Crippen molar-refractivity contribution in [3.63, 3.8) is 0 Å². The average molecular weight is 604 g/mol. The number of halogens is 4. The molecule has 0 spiro atoms. The van der Waals surface area contributed by atoms with Gasteiger partial charge in [-0.2, -0.15) is 0 Å². The lowest BCUT2D eigenvalue weighted by Crippen LogP contribution is -1.96. The van der Waals surface area contributed by atoms with Crippen LogP contribution in [0.25, 0.3) is 54.6 Å². The summed E-state index contributed by atoms with van der Waals surface area (Å²) in [5.41, 5.74) is 7.91. The largest absolute Gasteiger partial charge is 0.207 e. The Hall–Kier alpha value is -2.82. The van der Waals surface area contributed by atoms with Crippen LogP contribution in [0.3, 0.4) is 0 Å². The molecule has 0 fully saturated rings. The molecule has 6 aromatic carbocycles. The standard InChI is InChI=1S/C32H22Br2F2/c1-15-9-19(35)10-16(2)29(15)25-13-27(33)23-8-6-22-26(30-17(3)11-20(36)12-18(30)4)14-28(34)24-7-5-21(25)31(23)32(22)24/h5-14H,1-4H3. The summed E-state index contributed by atoms with van der Waals surface area (Å²) in [6, 6.07) is 19.4. The maximum atomic E-state index is 14.1. The summed E-state index contributed by atoms with van der Waals surface area (Å²) < 4.78 is 30.3. The van der Waals surface area contributed by atoms with Crippen LogP contribution in [0, 0.1) is 39.3 Å². The van der Waals surface area contributed by atoms with Crippen LogP contribution in [0.5, 0.6) is 0 Å². The first-order valence-corrected chi connectivity index (χ1v) is 13.4. The van der Waals surface area contributed by atoms with Crippen LogP contribution in [-0.2, 0) is 0 Å². The number of hydrogen-bond acceptors (Lipinski definition) is 0. The lowest BCUT2D eigenvalue weighted by atomic mass is 9.84. The van der Waals surface area contributed by atoms with Crippen molar-refractivity contribution in [3.8, 4) is 22.3 Å². The topological polar surface area (TPSA) is 0 Å². The molecule has 0 aliphatic rings. The smallest absolute Gasteiger partial charge is 0.123 e. The van der Waals surface area contributed by atoms with Gasteiger partial charge in [0.05, 0.1) is 0 Å². The average Bonchev–Trinajstić information content (AvgIpc) is 2.79. The van der Waals surface area contributed by atoms with Crippen molar-refractivity contribution in [1.82, 2.24) is 0 Å². The molecular formula is C32H22Br2F2. The molecule has 0 saturated heterocycles. The van der Waals surface area contributed by atoms with Crippen molar-refractivity contribution >= 4 is 64.2 Å². The lowest BCUT2D eigenvalue weighted by Gasteiger charge is -2.21. The van der Waals surface area contributed by atoms with Gasteiger partial charge in [-0.25, -0.2) is 8.78 Å². The molecule has 4 heteroatoms. The quantitative estimate of drug-likeness (QED) is 0.173. The van der Waals surface area contributed by atoms with Crippen LogP contribution in [0.4, 0.5) is 8.78 Å². The highest BCUT2D eigenvalue weighted by molar-refractivity contribution is 9.11. The molecule has 0 aliphatic carbocycles. The monoisotopic (exact) mass is 602 g/mol. The van der Waals surface area contributed by atoms with Gasteiger partial charge in [-0.3, -0.25) is 0 Å². The Morgan fingerprint density at radius 2 is 0.778 bits per heavy atom. The van der Waals surface area contributed by atoms with E-state index in [9.17, 15) is 8.78 Å². The molecular weight excluding hydrogens is 582 g/mol. The van der Waals surface area contributed by atoms with Crippen molar-refractivity contribution < 1.29 is 8.78 Å². The van der Waals surface area contributed by atoms with Gasteiger partial charge in [-0.05, 0) is 141 Å². The Morgan fingerprint density at radius 1 is 0.472 bits per heavy atom. The van der Waals surface area contributed by atoms with Crippen LogP contribution in [0.1, 0.15) is 22.3 Å². The lowest BCUT2D eigenvalue weighted by molar-refractivity contribution is 0.625. The highest BCUT2D eigenvalue weighted by Crippen LogP contribution is 2.48. The maximum absolute atomic E-state index is 14.1.